The molecule has 0 aliphatic carbocycles. The van der Waals surface area contributed by atoms with Gasteiger partial charge >= 0.3 is 0 Å². The fraction of sp³-hybridized carbons (Fsp3) is 0.302. The van der Waals surface area contributed by atoms with Crippen molar-refractivity contribution in [2.24, 2.45) is 0 Å². The number of aryl methyl sites for hydroxylation is 3. The first-order valence-corrected chi connectivity index (χ1v) is 20.3. The summed E-state index contributed by atoms with van der Waals surface area (Å²) in [5.74, 6) is 0. The highest BCUT2D eigenvalue weighted by Gasteiger charge is 2.52. The number of hydrogen-bond donors (Lipinski definition) is 0. The normalized spacial score (nSPS) is 15.6. The van der Waals surface area contributed by atoms with E-state index < -0.39 is 8.07 Å². The fourth-order valence-corrected chi connectivity index (χ4v) is 12.0. The maximum Gasteiger partial charge on any atom is 0.251 e. The predicted molar refractivity (Wildman–Crippen MR) is 209 cm³/mol. The molecule has 0 atom stereocenters. The van der Waals surface area contributed by atoms with Crippen molar-refractivity contribution >= 4 is 75.7 Å². The van der Waals surface area contributed by atoms with E-state index in [4.69, 9.17) is 0 Å². The Morgan fingerprint density at radius 3 is 1.13 bits per heavy atom. The van der Waals surface area contributed by atoms with Crippen LogP contribution in [0.2, 0.25) is 13.1 Å². The Kier molecular flexibility index (Phi) is 6.30. The van der Waals surface area contributed by atoms with Crippen molar-refractivity contribution in [3.05, 3.63) is 113 Å². The molecule has 0 unspecified atom stereocenters. The monoisotopic (exact) mass is 630 g/mol. The molecule has 0 spiro atoms. The molecule has 0 saturated heterocycles. The van der Waals surface area contributed by atoms with Crippen LogP contribution in [0.5, 0.6) is 0 Å². The van der Waals surface area contributed by atoms with Gasteiger partial charge in [-0.25, -0.2) is 0 Å². The van der Waals surface area contributed by atoms with Gasteiger partial charge in [0, 0.05) is 34.1 Å². The van der Waals surface area contributed by atoms with E-state index in [9.17, 15) is 0 Å². The van der Waals surface area contributed by atoms with E-state index in [0.717, 1.165) is 0 Å². The third-order valence-corrected chi connectivity index (χ3v) is 14.6. The highest BCUT2D eigenvalue weighted by atomic mass is 28.3. The summed E-state index contributed by atoms with van der Waals surface area (Å²) in [7, 11) is -2.07. The Balaban J connectivity index is 1.48. The van der Waals surface area contributed by atoms with Crippen LogP contribution in [0.15, 0.2) is 84.9 Å². The summed E-state index contributed by atoms with van der Waals surface area (Å²) >= 11 is 0. The average Bonchev–Trinajstić information content (AvgIpc) is 2.98. The van der Waals surface area contributed by atoms with Crippen molar-refractivity contribution in [1.29, 1.82) is 0 Å². The van der Waals surface area contributed by atoms with Gasteiger partial charge in [0.05, 0.1) is 0 Å². The first kappa shape index (κ1) is 30.3. The molecule has 0 aromatic heterocycles. The van der Waals surface area contributed by atoms with E-state index in [2.05, 4.69) is 170 Å². The third-order valence-electron chi connectivity index (χ3n) is 11.0. The van der Waals surface area contributed by atoms with E-state index in [0.29, 0.717) is 0 Å². The van der Waals surface area contributed by atoms with Crippen LogP contribution in [0.1, 0.15) is 69.4 Å². The van der Waals surface area contributed by atoms with Crippen molar-refractivity contribution in [2.45, 2.75) is 86.2 Å². The maximum absolute atomic E-state index is 2.59. The lowest BCUT2D eigenvalue weighted by molar-refractivity contribution is 0.590. The van der Waals surface area contributed by atoms with Gasteiger partial charge in [0.1, 0.15) is 8.07 Å². The van der Waals surface area contributed by atoms with E-state index in [1.165, 1.54) is 78.3 Å². The second-order valence-corrected chi connectivity index (χ2v) is 21.4. The highest BCUT2D eigenvalue weighted by Crippen LogP contribution is 2.46. The summed E-state index contributed by atoms with van der Waals surface area (Å²) < 4.78 is 0. The second-order valence-electron chi connectivity index (χ2n) is 17.0. The lowest BCUT2D eigenvalue weighted by atomic mass is 9.33. The Bertz CT molecular complexity index is 1960. The van der Waals surface area contributed by atoms with Crippen molar-refractivity contribution in [3.8, 4) is 0 Å². The van der Waals surface area contributed by atoms with Gasteiger partial charge in [0.2, 0.25) is 0 Å². The van der Waals surface area contributed by atoms with Gasteiger partial charge in [-0.05, 0) is 124 Å². The zero-order valence-electron chi connectivity index (χ0n) is 30.1. The molecule has 3 aliphatic heterocycles. The van der Waals surface area contributed by atoms with Crippen molar-refractivity contribution in [1.82, 2.24) is 0 Å². The molecule has 8 rings (SSSR count). The summed E-state index contributed by atoms with van der Waals surface area (Å²) in [6.07, 6.45) is 0. The minimum absolute atomic E-state index is 0.105. The van der Waals surface area contributed by atoms with Crippen LogP contribution in [0.4, 0.5) is 34.1 Å². The quantitative estimate of drug-likeness (QED) is 0.177. The van der Waals surface area contributed by atoms with E-state index in [-0.39, 0.29) is 17.5 Å². The number of benzene rings is 5. The van der Waals surface area contributed by atoms with Gasteiger partial charge in [-0.2, -0.15) is 0 Å². The molecule has 0 saturated carbocycles. The van der Waals surface area contributed by atoms with Gasteiger partial charge in [0.25, 0.3) is 6.71 Å². The Labute approximate surface area is 283 Å². The molecule has 0 fully saturated rings. The van der Waals surface area contributed by atoms with Gasteiger partial charge in [-0.1, -0.05) is 101 Å². The van der Waals surface area contributed by atoms with Crippen LogP contribution in [0, 0.1) is 20.8 Å². The zero-order chi connectivity index (χ0) is 33.4. The summed E-state index contributed by atoms with van der Waals surface area (Å²) in [5.41, 5.74) is 19.2. The molecule has 3 heterocycles. The molecular weight excluding hydrogens is 583 g/mol. The zero-order valence-corrected chi connectivity index (χ0v) is 31.1. The number of hydrogen-bond acceptors (Lipinski definition) is 2. The molecule has 5 aromatic carbocycles. The highest BCUT2D eigenvalue weighted by molar-refractivity contribution is 7.16. The molecule has 47 heavy (non-hydrogen) atoms. The van der Waals surface area contributed by atoms with E-state index in [1.807, 2.05) is 0 Å². The van der Waals surface area contributed by atoms with Crippen molar-refractivity contribution in [3.63, 3.8) is 0 Å². The molecule has 2 nitrogen and oxygen atoms in total. The van der Waals surface area contributed by atoms with Gasteiger partial charge < -0.3 is 9.80 Å². The van der Waals surface area contributed by atoms with Crippen LogP contribution >= 0.6 is 0 Å². The molecule has 236 valence electrons. The molecule has 0 bridgehead atoms. The second kappa shape index (κ2) is 9.76. The van der Waals surface area contributed by atoms with Crippen LogP contribution in [0.25, 0.3) is 0 Å². The molecule has 0 radical (unpaired) electrons. The minimum Gasteiger partial charge on any atom is -0.311 e. The van der Waals surface area contributed by atoms with E-state index >= 15 is 0 Å². The number of rotatable bonds is 2. The standard InChI is InChI=1S/C43H47BN2Si/c1-26-20-33-39-34(21-26)46(32-18-14-30(15-19-32)43(7,8)9)36-23-28(3)25-38-41(36)44(39)40-35(22-27(2)24-37(40)47(38,10)11)45(33)31-16-12-29(13-17-31)42(4,5)6/h12-25H,1-11H3. The molecule has 0 amide bonds. The lowest BCUT2D eigenvalue weighted by Gasteiger charge is -2.50. The Hall–Kier alpha value is -4.02. The first-order valence-electron chi connectivity index (χ1n) is 17.3. The summed E-state index contributed by atoms with van der Waals surface area (Å²) in [6, 6.07) is 33.6. The molecular formula is C43H47BN2Si. The van der Waals surface area contributed by atoms with Crippen molar-refractivity contribution < 1.29 is 0 Å². The minimum atomic E-state index is -2.07. The van der Waals surface area contributed by atoms with E-state index in [1.54, 1.807) is 10.4 Å². The van der Waals surface area contributed by atoms with Crippen LogP contribution in [0.3, 0.4) is 0 Å². The van der Waals surface area contributed by atoms with Gasteiger partial charge in [0.15, 0.2) is 0 Å². The fourth-order valence-electron chi connectivity index (χ4n) is 8.61. The predicted octanol–water partition coefficient (Wildman–Crippen LogP) is 8.43. The summed E-state index contributed by atoms with van der Waals surface area (Å²) in [6.45, 7) is 26.0. The summed E-state index contributed by atoms with van der Waals surface area (Å²) in [4.78, 5) is 5.19. The largest absolute Gasteiger partial charge is 0.311 e. The molecule has 4 heteroatoms. The average molecular weight is 631 g/mol. The van der Waals surface area contributed by atoms with Gasteiger partial charge in [-0.3, -0.25) is 0 Å². The first-order chi connectivity index (χ1) is 22.1. The topological polar surface area (TPSA) is 6.48 Å². The third kappa shape index (κ3) is 4.37. The van der Waals surface area contributed by atoms with Crippen molar-refractivity contribution in [2.75, 3.05) is 9.80 Å². The Morgan fingerprint density at radius 2 is 0.787 bits per heavy atom. The van der Waals surface area contributed by atoms with Crippen LogP contribution in [-0.2, 0) is 10.8 Å². The SMILES string of the molecule is Cc1cc2c3c(c1)N(c1ccc(C(C)(C)C)cc1)c1cc(C)cc4c1B3c1c(cc(C)cc1[Si]4(C)C)N2c1ccc(C(C)(C)C)cc1. The molecule has 3 aliphatic rings. The maximum atomic E-state index is 2.59. The smallest absolute Gasteiger partial charge is 0.251 e. The Morgan fingerprint density at radius 1 is 0.468 bits per heavy atom. The number of nitrogens with zero attached hydrogens (tertiary/aromatic N) is 2. The molecule has 0 N–H and O–H groups in total. The van der Waals surface area contributed by atoms with Crippen LogP contribution in [-0.4, -0.2) is 14.8 Å². The lowest BCUT2D eigenvalue weighted by Crippen LogP contribution is -2.79. The van der Waals surface area contributed by atoms with Gasteiger partial charge in [-0.15, -0.1) is 0 Å². The molecule has 5 aromatic rings. The summed E-state index contributed by atoms with van der Waals surface area (Å²) in [5, 5.41) is 3.19. The van der Waals surface area contributed by atoms with Crippen LogP contribution < -0.4 is 36.6 Å². The number of anilines is 6.